The number of alkyl halides is 3. The number of amides is 1. The molecule has 1 aliphatic rings. The molecule has 3 aromatic rings. The normalized spacial score (nSPS) is 16.8. The van der Waals surface area contributed by atoms with E-state index in [2.05, 4.69) is 25.9 Å². The Morgan fingerprint density at radius 3 is 2.81 bits per heavy atom. The van der Waals surface area contributed by atoms with Crippen LogP contribution in [0.4, 0.5) is 30.4 Å². The van der Waals surface area contributed by atoms with E-state index in [4.69, 9.17) is 4.74 Å². The van der Waals surface area contributed by atoms with Crippen LogP contribution in [0.15, 0.2) is 30.3 Å². The summed E-state index contributed by atoms with van der Waals surface area (Å²) in [6, 6.07) is 7.74. The zero-order valence-electron chi connectivity index (χ0n) is 13.2. The van der Waals surface area contributed by atoms with Gasteiger partial charge < -0.3 is 15.4 Å². The van der Waals surface area contributed by atoms with Crippen molar-refractivity contribution in [2.24, 2.45) is 0 Å². The van der Waals surface area contributed by atoms with Gasteiger partial charge in [0.15, 0.2) is 17.6 Å². The number of nitrogens with one attached hydrogen (secondary N) is 2. The number of carbonyl (C=O) groups is 1. The van der Waals surface area contributed by atoms with E-state index in [0.717, 1.165) is 0 Å². The van der Waals surface area contributed by atoms with Gasteiger partial charge in [-0.25, -0.2) is 0 Å². The summed E-state index contributed by atoms with van der Waals surface area (Å²) >= 11 is 0. The van der Waals surface area contributed by atoms with E-state index in [-0.39, 0.29) is 17.4 Å². The molecule has 11 heteroatoms. The number of hydrogen-bond donors (Lipinski definition) is 2. The summed E-state index contributed by atoms with van der Waals surface area (Å²) in [4.78, 5) is 11.7. The van der Waals surface area contributed by atoms with Gasteiger partial charge in [0.1, 0.15) is 5.75 Å². The lowest BCUT2D eigenvalue weighted by Gasteiger charge is -2.23. The monoisotopic (exact) mass is 364 g/mol. The molecule has 4 rings (SSSR count). The highest BCUT2D eigenvalue weighted by Gasteiger charge is 2.37. The number of benzene rings is 1. The summed E-state index contributed by atoms with van der Waals surface area (Å²) in [6.45, 7) is 1.63. The summed E-state index contributed by atoms with van der Waals surface area (Å²) < 4.78 is 44.9. The third-order valence-electron chi connectivity index (χ3n) is 3.70. The van der Waals surface area contributed by atoms with Crippen molar-refractivity contribution in [3.8, 4) is 5.75 Å². The van der Waals surface area contributed by atoms with Gasteiger partial charge in [-0.2, -0.15) is 17.7 Å². The molecule has 0 bridgehead atoms. The highest BCUT2D eigenvalue weighted by Crippen LogP contribution is 2.33. The topological polar surface area (TPSA) is 93.4 Å². The van der Waals surface area contributed by atoms with E-state index >= 15 is 0 Å². The Balaban J connectivity index is 1.65. The number of ether oxygens (including phenoxy) is 1. The predicted octanol–water partition coefficient (Wildman–Crippen LogP) is 2.61. The molecule has 0 saturated heterocycles. The lowest BCUT2D eigenvalue weighted by Crippen LogP contribution is -2.34. The first-order valence-electron chi connectivity index (χ1n) is 7.49. The van der Waals surface area contributed by atoms with Gasteiger partial charge in [0.25, 0.3) is 11.7 Å². The number of fused-ring (bicyclic) bond motifs is 2. The van der Waals surface area contributed by atoms with E-state index < -0.39 is 18.1 Å². The van der Waals surface area contributed by atoms with Crippen LogP contribution in [0.3, 0.4) is 0 Å². The maximum Gasteiger partial charge on any atom is 0.453 e. The van der Waals surface area contributed by atoms with Crippen LogP contribution >= 0.6 is 0 Å². The minimum Gasteiger partial charge on any atom is -0.479 e. The average molecular weight is 364 g/mol. The van der Waals surface area contributed by atoms with Crippen LogP contribution in [-0.2, 0) is 11.0 Å². The molecule has 134 valence electrons. The number of halogens is 3. The first kappa shape index (κ1) is 16.1. The van der Waals surface area contributed by atoms with Crippen LogP contribution < -0.4 is 15.4 Å². The highest BCUT2D eigenvalue weighted by molar-refractivity contribution is 5.98. The summed E-state index contributed by atoms with van der Waals surface area (Å²) in [5.74, 6) is -0.840. The molecule has 3 heterocycles. The van der Waals surface area contributed by atoms with E-state index in [0.29, 0.717) is 21.6 Å². The van der Waals surface area contributed by atoms with Crippen molar-refractivity contribution >= 4 is 28.7 Å². The van der Waals surface area contributed by atoms with Crippen LogP contribution in [0.1, 0.15) is 12.7 Å². The fourth-order valence-electron chi connectivity index (χ4n) is 2.47. The summed E-state index contributed by atoms with van der Waals surface area (Å²) in [7, 11) is 0. The molecule has 1 aromatic carbocycles. The molecule has 0 spiro atoms. The lowest BCUT2D eigenvalue weighted by molar-refractivity contribution is -0.146. The molecule has 0 saturated carbocycles. The molecule has 1 amide bonds. The van der Waals surface area contributed by atoms with Gasteiger partial charge in [0.05, 0.1) is 5.69 Å². The van der Waals surface area contributed by atoms with Gasteiger partial charge in [-0.05, 0) is 37.3 Å². The van der Waals surface area contributed by atoms with Gasteiger partial charge in [-0.15, -0.1) is 15.3 Å². The molecule has 26 heavy (non-hydrogen) atoms. The molecule has 0 unspecified atom stereocenters. The molecule has 2 aromatic heterocycles. The van der Waals surface area contributed by atoms with Crippen molar-refractivity contribution in [2.45, 2.75) is 19.2 Å². The summed E-state index contributed by atoms with van der Waals surface area (Å²) in [5, 5.41) is 16.0. The summed E-state index contributed by atoms with van der Waals surface area (Å²) in [6.07, 6.45) is -5.27. The number of rotatable bonds is 2. The second-order valence-corrected chi connectivity index (χ2v) is 5.60. The first-order chi connectivity index (χ1) is 12.3. The third-order valence-corrected chi connectivity index (χ3v) is 3.70. The molecule has 1 aliphatic heterocycles. The third kappa shape index (κ3) is 2.76. The van der Waals surface area contributed by atoms with Crippen molar-refractivity contribution < 1.29 is 22.7 Å². The van der Waals surface area contributed by atoms with Crippen LogP contribution in [0.5, 0.6) is 5.75 Å². The Kier molecular flexibility index (Phi) is 3.46. The highest BCUT2D eigenvalue weighted by atomic mass is 19.4. The van der Waals surface area contributed by atoms with Gasteiger partial charge >= 0.3 is 6.18 Å². The zero-order chi connectivity index (χ0) is 18.5. The number of hydrogen-bond acceptors (Lipinski definition) is 6. The largest absolute Gasteiger partial charge is 0.479 e. The second kappa shape index (κ2) is 5.58. The van der Waals surface area contributed by atoms with E-state index in [1.165, 1.54) is 12.1 Å². The van der Waals surface area contributed by atoms with Crippen LogP contribution in [0, 0.1) is 0 Å². The molecular formula is C15H11F3N6O2. The Morgan fingerprint density at radius 1 is 1.23 bits per heavy atom. The van der Waals surface area contributed by atoms with Crippen LogP contribution in [0.25, 0.3) is 5.65 Å². The molecule has 0 radical (unpaired) electrons. The van der Waals surface area contributed by atoms with Crippen molar-refractivity contribution in [3.05, 3.63) is 36.2 Å². The number of nitrogens with zero attached hydrogens (tertiary/aromatic N) is 4. The number of aromatic nitrogens is 4. The van der Waals surface area contributed by atoms with Gasteiger partial charge in [-0.1, -0.05) is 0 Å². The molecule has 0 fully saturated rings. The van der Waals surface area contributed by atoms with Gasteiger partial charge in [0, 0.05) is 5.69 Å². The van der Waals surface area contributed by atoms with E-state index in [1.807, 2.05) is 0 Å². The van der Waals surface area contributed by atoms with Gasteiger partial charge in [-0.3, -0.25) is 4.79 Å². The Morgan fingerprint density at radius 2 is 2.04 bits per heavy atom. The average Bonchev–Trinajstić information content (AvgIpc) is 2.99. The maximum atomic E-state index is 12.9. The Labute approximate surface area is 144 Å². The van der Waals surface area contributed by atoms with E-state index in [9.17, 15) is 18.0 Å². The van der Waals surface area contributed by atoms with E-state index in [1.54, 1.807) is 25.1 Å². The van der Waals surface area contributed by atoms with Crippen LogP contribution in [0.2, 0.25) is 0 Å². The second-order valence-electron chi connectivity index (χ2n) is 5.60. The fourth-order valence-corrected chi connectivity index (χ4v) is 2.47. The quantitative estimate of drug-likeness (QED) is 0.726. The minimum atomic E-state index is -4.67. The smallest absolute Gasteiger partial charge is 0.453 e. The first-order valence-corrected chi connectivity index (χ1v) is 7.49. The van der Waals surface area contributed by atoms with Crippen molar-refractivity contribution in [1.29, 1.82) is 0 Å². The fraction of sp³-hybridized carbons (Fsp3) is 0.200. The van der Waals surface area contributed by atoms with Crippen LogP contribution in [-0.4, -0.2) is 31.8 Å². The number of anilines is 3. The molecule has 1 atom stereocenters. The summed E-state index contributed by atoms with van der Waals surface area (Å²) in [5.41, 5.74) is 0.943. The maximum absolute atomic E-state index is 12.9. The predicted molar refractivity (Wildman–Crippen MR) is 84.2 cm³/mol. The standard InChI is InChI=1S/C15H11F3N6O2/c1-7-13(25)20-9-6-8(2-3-10(9)26-7)19-11-4-5-12-21-22-14(15(16,17)18)24(12)23-11/h2-7H,1H3,(H,19,23)(H,20,25)/t7-/m0/s1. The van der Waals surface area contributed by atoms with Crippen molar-refractivity contribution in [2.75, 3.05) is 10.6 Å². The zero-order valence-corrected chi connectivity index (χ0v) is 13.2. The molecule has 0 aliphatic carbocycles. The molecule has 2 N–H and O–H groups in total. The molecule has 8 nitrogen and oxygen atoms in total. The lowest BCUT2D eigenvalue weighted by atomic mass is 10.2. The Bertz CT molecular complexity index is 1020. The number of carbonyl (C=O) groups excluding carboxylic acids is 1. The molecular weight excluding hydrogens is 353 g/mol. The van der Waals surface area contributed by atoms with Crippen molar-refractivity contribution in [1.82, 2.24) is 19.8 Å². The van der Waals surface area contributed by atoms with Gasteiger partial charge in [0.2, 0.25) is 0 Å². The van der Waals surface area contributed by atoms with Crippen molar-refractivity contribution in [3.63, 3.8) is 0 Å². The SMILES string of the molecule is C[C@@H]1Oc2ccc(Nc3ccc4nnc(C(F)(F)F)n4n3)cc2NC1=O. The Hall–Kier alpha value is -3.37. The minimum absolute atomic E-state index is 0.0250.